The summed E-state index contributed by atoms with van der Waals surface area (Å²) in [4.78, 5) is 0. The van der Waals surface area contributed by atoms with Crippen molar-refractivity contribution in [1.82, 2.24) is 0 Å². The van der Waals surface area contributed by atoms with Gasteiger partial charge in [0.25, 0.3) is 0 Å². The summed E-state index contributed by atoms with van der Waals surface area (Å²) in [6.45, 7) is 15.4. The van der Waals surface area contributed by atoms with Gasteiger partial charge in [-0.05, 0) is 32.1 Å². The van der Waals surface area contributed by atoms with Crippen LogP contribution in [0.1, 0.15) is 163 Å². The predicted octanol–water partition coefficient (Wildman–Crippen LogP) is 9.89. The van der Waals surface area contributed by atoms with Crippen molar-refractivity contribution in [2.24, 2.45) is 0 Å². The zero-order valence-electron chi connectivity index (χ0n) is 23.9. The summed E-state index contributed by atoms with van der Waals surface area (Å²) < 4.78 is 11.1. The molecule has 0 aromatic carbocycles. The van der Waals surface area contributed by atoms with E-state index in [0.717, 1.165) is 32.8 Å². The third-order valence-corrected chi connectivity index (χ3v) is 5.58. The van der Waals surface area contributed by atoms with Crippen molar-refractivity contribution < 1.29 is 14.6 Å². The molecule has 0 aliphatic rings. The second kappa shape index (κ2) is 42.1. The zero-order chi connectivity index (χ0) is 25.1. The maximum atomic E-state index is 8.29. The van der Waals surface area contributed by atoms with E-state index in [9.17, 15) is 0 Å². The van der Waals surface area contributed by atoms with Gasteiger partial charge in [0, 0.05) is 33.0 Å². The predicted molar refractivity (Wildman–Crippen MR) is 149 cm³/mol. The molecule has 1 N–H and O–H groups in total. The first-order chi connectivity index (χ1) is 16.2. The van der Waals surface area contributed by atoms with Crippen LogP contribution in [0.2, 0.25) is 0 Å². The minimum absolute atomic E-state index is 0.361. The number of rotatable bonds is 24. The maximum absolute atomic E-state index is 8.29. The van der Waals surface area contributed by atoms with E-state index in [0.29, 0.717) is 6.61 Å². The Labute approximate surface area is 210 Å². The monoisotopic (exact) mass is 475 g/mol. The molecule has 0 saturated carbocycles. The lowest BCUT2D eigenvalue weighted by atomic mass is 10.2. The molecule has 0 atom stereocenters. The third-order valence-electron chi connectivity index (χ3n) is 5.58. The van der Waals surface area contributed by atoms with Crippen LogP contribution in [0.15, 0.2) is 0 Å². The van der Waals surface area contributed by atoms with Crippen molar-refractivity contribution in [2.45, 2.75) is 163 Å². The van der Waals surface area contributed by atoms with Gasteiger partial charge >= 0.3 is 0 Å². The highest BCUT2D eigenvalue weighted by Gasteiger charge is 1.91. The molecule has 0 rings (SSSR count). The largest absolute Gasteiger partial charge is 0.396 e. The van der Waals surface area contributed by atoms with Gasteiger partial charge in [0.2, 0.25) is 0 Å². The van der Waals surface area contributed by atoms with Crippen LogP contribution in [-0.4, -0.2) is 38.1 Å². The van der Waals surface area contributed by atoms with Crippen LogP contribution in [0.4, 0.5) is 0 Å². The van der Waals surface area contributed by atoms with Gasteiger partial charge in [-0.1, -0.05) is 131 Å². The molecule has 0 fully saturated rings. The molecule has 0 amide bonds. The van der Waals surface area contributed by atoms with Crippen LogP contribution in [0.5, 0.6) is 0 Å². The lowest BCUT2D eigenvalue weighted by Gasteiger charge is -2.03. The lowest BCUT2D eigenvalue weighted by Crippen LogP contribution is -1.96. The van der Waals surface area contributed by atoms with E-state index in [4.69, 9.17) is 14.6 Å². The number of unbranched alkanes of at least 4 members (excludes halogenated alkanes) is 15. The van der Waals surface area contributed by atoms with Crippen LogP contribution < -0.4 is 0 Å². The van der Waals surface area contributed by atoms with Gasteiger partial charge < -0.3 is 14.6 Å². The molecule has 3 nitrogen and oxygen atoms in total. The fourth-order valence-corrected chi connectivity index (χ4v) is 3.27. The van der Waals surface area contributed by atoms with Crippen molar-refractivity contribution in [1.29, 1.82) is 0 Å². The lowest BCUT2D eigenvalue weighted by molar-refractivity contribution is 0.126. The molecule has 0 aliphatic carbocycles. The van der Waals surface area contributed by atoms with Gasteiger partial charge in [-0.25, -0.2) is 0 Å². The molecule has 0 bridgehead atoms. The van der Waals surface area contributed by atoms with Gasteiger partial charge in [-0.15, -0.1) is 0 Å². The SMILES string of the molecule is CCCCCCO.CCCCCCOCCCCCC.CCCCCCOCCCCCC. The topological polar surface area (TPSA) is 38.7 Å². The van der Waals surface area contributed by atoms with Crippen LogP contribution in [0.25, 0.3) is 0 Å². The molecule has 0 aromatic heterocycles. The van der Waals surface area contributed by atoms with Crippen LogP contribution in [-0.2, 0) is 9.47 Å². The van der Waals surface area contributed by atoms with E-state index >= 15 is 0 Å². The number of ether oxygens (including phenoxy) is 2. The van der Waals surface area contributed by atoms with Crippen LogP contribution in [0, 0.1) is 0 Å². The average Bonchev–Trinajstić information content (AvgIpc) is 2.83. The smallest absolute Gasteiger partial charge is 0.0466 e. The molecular weight excluding hydrogens is 408 g/mol. The molecule has 0 spiro atoms. The van der Waals surface area contributed by atoms with Crippen LogP contribution >= 0.6 is 0 Å². The van der Waals surface area contributed by atoms with E-state index in [-0.39, 0.29) is 0 Å². The number of aliphatic hydroxyl groups excluding tert-OH is 1. The molecule has 3 heteroatoms. The number of hydrogen-bond acceptors (Lipinski definition) is 3. The average molecular weight is 475 g/mol. The van der Waals surface area contributed by atoms with Crippen LogP contribution in [0.3, 0.4) is 0 Å². The van der Waals surface area contributed by atoms with Crippen molar-refractivity contribution in [3.63, 3.8) is 0 Å². The maximum Gasteiger partial charge on any atom is 0.0466 e. The van der Waals surface area contributed by atoms with Gasteiger partial charge in [-0.3, -0.25) is 0 Å². The van der Waals surface area contributed by atoms with Gasteiger partial charge in [0.05, 0.1) is 0 Å². The molecule has 33 heavy (non-hydrogen) atoms. The summed E-state index contributed by atoms with van der Waals surface area (Å²) in [5, 5.41) is 8.29. The highest BCUT2D eigenvalue weighted by molar-refractivity contribution is 4.43. The third kappa shape index (κ3) is 49.9. The van der Waals surface area contributed by atoms with Gasteiger partial charge in [0.1, 0.15) is 0 Å². The Morgan fingerprint density at radius 3 is 0.788 bits per heavy atom. The zero-order valence-corrected chi connectivity index (χ0v) is 23.9. The minimum Gasteiger partial charge on any atom is -0.396 e. The first kappa shape index (κ1) is 37.4. The van der Waals surface area contributed by atoms with Crippen molar-refractivity contribution in [2.75, 3.05) is 33.0 Å². The summed E-state index contributed by atoms with van der Waals surface area (Å²) in [7, 11) is 0. The Balaban J connectivity index is -0.000000429. The van der Waals surface area contributed by atoms with E-state index in [2.05, 4.69) is 34.6 Å². The Bertz CT molecular complexity index is 225. The molecule has 0 aliphatic heterocycles. The normalized spacial score (nSPS) is 10.4. The molecule has 204 valence electrons. The van der Waals surface area contributed by atoms with E-state index in [1.807, 2.05) is 0 Å². The summed E-state index contributed by atoms with van der Waals surface area (Å²) >= 11 is 0. The van der Waals surface area contributed by atoms with E-state index in [1.165, 1.54) is 122 Å². The summed E-state index contributed by atoms with van der Waals surface area (Å²) in [5.74, 6) is 0. The number of hydrogen-bond donors (Lipinski definition) is 1. The minimum atomic E-state index is 0.361. The number of aliphatic hydroxyl groups is 1. The van der Waals surface area contributed by atoms with Crippen molar-refractivity contribution in [3.8, 4) is 0 Å². The Kier molecular flexibility index (Phi) is 47.7. The van der Waals surface area contributed by atoms with E-state index < -0.39 is 0 Å². The first-order valence-electron chi connectivity index (χ1n) is 15.0. The highest BCUT2D eigenvalue weighted by atomic mass is 16.5. The Hall–Kier alpha value is -0.120. The summed E-state index contributed by atoms with van der Waals surface area (Å²) in [5.41, 5.74) is 0. The molecule has 0 saturated heterocycles. The molecular formula is C30H66O3. The quantitative estimate of drug-likeness (QED) is 0.141. The Morgan fingerprint density at radius 2 is 0.576 bits per heavy atom. The Morgan fingerprint density at radius 1 is 0.333 bits per heavy atom. The van der Waals surface area contributed by atoms with Crippen molar-refractivity contribution in [3.05, 3.63) is 0 Å². The van der Waals surface area contributed by atoms with Crippen molar-refractivity contribution >= 4 is 0 Å². The summed E-state index contributed by atoms with van der Waals surface area (Å²) in [6, 6.07) is 0. The summed E-state index contributed by atoms with van der Waals surface area (Å²) in [6.07, 6.45) is 25.7. The molecule has 0 aromatic rings. The standard InChI is InChI=1S/2C12H26O.C6H14O/c2*1-3-5-7-9-11-13-12-10-8-6-4-2;1-2-3-4-5-6-7/h2*3-12H2,1-2H3;7H,2-6H2,1H3. The van der Waals surface area contributed by atoms with E-state index in [1.54, 1.807) is 0 Å². The van der Waals surface area contributed by atoms with Gasteiger partial charge in [-0.2, -0.15) is 0 Å². The second-order valence-corrected chi connectivity index (χ2v) is 9.25. The molecule has 0 radical (unpaired) electrons. The fourth-order valence-electron chi connectivity index (χ4n) is 3.27. The highest BCUT2D eigenvalue weighted by Crippen LogP contribution is 2.03. The second-order valence-electron chi connectivity index (χ2n) is 9.25. The fraction of sp³-hybridized carbons (Fsp3) is 1.00. The molecule has 0 heterocycles. The van der Waals surface area contributed by atoms with Gasteiger partial charge in [0.15, 0.2) is 0 Å². The molecule has 0 unspecified atom stereocenters. The first-order valence-corrected chi connectivity index (χ1v) is 15.0.